The highest BCUT2D eigenvalue weighted by molar-refractivity contribution is 5.97. The monoisotopic (exact) mass is 419 g/mol. The lowest BCUT2D eigenvalue weighted by Gasteiger charge is -2.32. The second kappa shape index (κ2) is 9.04. The second-order valence-electron chi connectivity index (χ2n) is 7.57. The number of carbonyl (C=O) groups excluding carboxylic acids is 2. The van der Waals surface area contributed by atoms with E-state index >= 15 is 0 Å². The molecule has 0 spiro atoms. The van der Waals surface area contributed by atoms with Crippen molar-refractivity contribution in [1.82, 2.24) is 9.88 Å². The van der Waals surface area contributed by atoms with Crippen molar-refractivity contribution in [3.63, 3.8) is 0 Å². The first-order valence-corrected chi connectivity index (χ1v) is 10.3. The zero-order valence-electron chi connectivity index (χ0n) is 17.4. The van der Waals surface area contributed by atoms with Gasteiger partial charge in [0.25, 0.3) is 11.8 Å². The van der Waals surface area contributed by atoms with Crippen molar-refractivity contribution in [3.05, 3.63) is 65.9 Å². The van der Waals surface area contributed by atoms with Gasteiger partial charge < -0.3 is 20.1 Å². The van der Waals surface area contributed by atoms with Crippen molar-refractivity contribution in [3.8, 4) is 11.5 Å². The number of methoxy groups -OCH3 is 1. The van der Waals surface area contributed by atoms with Gasteiger partial charge in [0.15, 0.2) is 18.1 Å². The molecular weight excluding hydrogens is 394 g/mol. The molecule has 7 nitrogen and oxygen atoms in total. The van der Waals surface area contributed by atoms with Crippen LogP contribution in [0.3, 0.4) is 0 Å². The molecule has 1 aliphatic heterocycles. The zero-order valence-corrected chi connectivity index (χ0v) is 17.4. The molecule has 7 heteroatoms. The van der Waals surface area contributed by atoms with Crippen molar-refractivity contribution in [2.75, 3.05) is 26.8 Å². The van der Waals surface area contributed by atoms with Crippen LogP contribution in [0.4, 0.5) is 0 Å². The number of ether oxygens (including phenoxy) is 2. The minimum Gasteiger partial charge on any atom is -0.493 e. The number of benzene rings is 2. The van der Waals surface area contributed by atoms with Crippen LogP contribution in [0, 0.1) is 0 Å². The van der Waals surface area contributed by atoms with Crippen LogP contribution in [-0.2, 0) is 4.79 Å². The van der Waals surface area contributed by atoms with E-state index < -0.39 is 5.91 Å². The number of para-hydroxylation sites is 3. The normalized spacial score (nSPS) is 14.4. The van der Waals surface area contributed by atoms with Crippen LogP contribution >= 0.6 is 0 Å². The van der Waals surface area contributed by atoms with Gasteiger partial charge in [-0.25, -0.2) is 0 Å². The zero-order chi connectivity index (χ0) is 21.8. The minimum atomic E-state index is -0.475. The molecule has 0 saturated carbocycles. The first kappa shape index (κ1) is 20.7. The minimum absolute atomic E-state index is 0.0498. The van der Waals surface area contributed by atoms with Crippen LogP contribution in [0.25, 0.3) is 10.9 Å². The number of nitrogens with zero attached hydrogens (tertiary/aromatic N) is 2. The molecule has 4 rings (SSSR count). The van der Waals surface area contributed by atoms with E-state index in [1.807, 2.05) is 42.5 Å². The summed E-state index contributed by atoms with van der Waals surface area (Å²) in [6.07, 6.45) is 1.43. The molecular formula is C24H25N3O4. The van der Waals surface area contributed by atoms with Gasteiger partial charge in [-0.2, -0.15) is 0 Å². The average molecular weight is 419 g/mol. The summed E-state index contributed by atoms with van der Waals surface area (Å²) in [6.45, 7) is 1.10. The fraction of sp³-hybridized carbons (Fsp3) is 0.292. The highest BCUT2D eigenvalue weighted by atomic mass is 16.5. The van der Waals surface area contributed by atoms with Gasteiger partial charge in [-0.15, -0.1) is 0 Å². The molecule has 1 aliphatic rings. The molecule has 0 unspecified atom stereocenters. The summed E-state index contributed by atoms with van der Waals surface area (Å²) in [4.78, 5) is 31.2. The van der Waals surface area contributed by atoms with E-state index in [-0.39, 0.29) is 18.4 Å². The van der Waals surface area contributed by atoms with Gasteiger partial charge in [-0.3, -0.25) is 14.6 Å². The van der Waals surface area contributed by atoms with Gasteiger partial charge in [0.1, 0.15) is 0 Å². The Morgan fingerprint density at radius 1 is 1.06 bits per heavy atom. The fourth-order valence-electron chi connectivity index (χ4n) is 4.01. The first-order chi connectivity index (χ1) is 15.1. The summed E-state index contributed by atoms with van der Waals surface area (Å²) in [5.74, 6) is 0.657. The van der Waals surface area contributed by atoms with Crippen molar-refractivity contribution in [2.45, 2.75) is 18.8 Å². The highest BCUT2D eigenvalue weighted by Gasteiger charge is 2.28. The van der Waals surface area contributed by atoms with E-state index in [9.17, 15) is 9.59 Å². The van der Waals surface area contributed by atoms with Gasteiger partial charge in [-0.05, 0) is 37.1 Å². The lowest BCUT2D eigenvalue weighted by atomic mass is 9.89. The topological polar surface area (TPSA) is 94.8 Å². The molecule has 0 aliphatic carbocycles. The van der Waals surface area contributed by atoms with Crippen LogP contribution in [0.5, 0.6) is 11.5 Å². The van der Waals surface area contributed by atoms with Gasteiger partial charge >= 0.3 is 0 Å². The quantitative estimate of drug-likeness (QED) is 0.662. The van der Waals surface area contributed by atoms with Crippen LogP contribution < -0.4 is 15.2 Å². The third kappa shape index (κ3) is 4.45. The molecule has 160 valence electrons. The van der Waals surface area contributed by atoms with Gasteiger partial charge in [0.2, 0.25) is 0 Å². The van der Waals surface area contributed by atoms with Crippen molar-refractivity contribution in [2.24, 2.45) is 5.73 Å². The molecule has 0 radical (unpaired) electrons. The first-order valence-electron chi connectivity index (χ1n) is 10.3. The third-order valence-electron chi connectivity index (χ3n) is 5.67. The molecule has 1 saturated heterocycles. The lowest BCUT2D eigenvalue weighted by molar-refractivity contribution is -0.134. The Kier molecular flexibility index (Phi) is 6.02. The maximum Gasteiger partial charge on any atom is 0.260 e. The number of hydrogen-bond acceptors (Lipinski definition) is 5. The van der Waals surface area contributed by atoms with Crippen molar-refractivity contribution >= 4 is 22.7 Å². The van der Waals surface area contributed by atoms with Gasteiger partial charge in [0.05, 0.1) is 23.9 Å². The van der Waals surface area contributed by atoms with Crippen LogP contribution in [0.1, 0.15) is 34.8 Å². The Balaban J connectivity index is 1.42. The molecule has 0 atom stereocenters. The number of pyridine rings is 1. The smallest absolute Gasteiger partial charge is 0.260 e. The number of hydrogen-bond donors (Lipinski definition) is 1. The Hall–Kier alpha value is -3.61. The Bertz CT molecular complexity index is 1110. The molecule has 2 amide bonds. The Morgan fingerprint density at radius 2 is 1.74 bits per heavy atom. The highest BCUT2D eigenvalue weighted by Crippen LogP contribution is 2.31. The van der Waals surface area contributed by atoms with Crippen molar-refractivity contribution in [1.29, 1.82) is 0 Å². The molecule has 3 aromatic rings. The van der Waals surface area contributed by atoms with E-state index in [0.717, 1.165) is 16.6 Å². The number of fused-ring (bicyclic) bond motifs is 1. The fourth-order valence-corrected chi connectivity index (χ4v) is 4.01. The van der Waals surface area contributed by atoms with Crippen LogP contribution in [0.15, 0.2) is 54.6 Å². The van der Waals surface area contributed by atoms with Gasteiger partial charge in [-0.1, -0.05) is 30.3 Å². The second-order valence-corrected chi connectivity index (χ2v) is 7.57. The number of likely N-dealkylation sites (tertiary alicyclic amines) is 1. The summed E-state index contributed by atoms with van der Waals surface area (Å²) < 4.78 is 10.9. The maximum atomic E-state index is 12.6. The van der Waals surface area contributed by atoms with Crippen molar-refractivity contribution < 1.29 is 19.1 Å². The summed E-state index contributed by atoms with van der Waals surface area (Å²) in [5.41, 5.74) is 7.66. The summed E-state index contributed by atoms with van der Waals surface area (Å²) in [7, 11) is 1.57. The molecule has 1 aromatic heterocycles. The number of primary amides is 1. The number of aromatic nitrogens is 1. The van der Waals surface area contributed by atoms with E-state index in [1.54, 1.807) is 24.1 Å². The predicted octanol–water partition coefficient (Wildman–Crippen LogP) is 3.13. The van der Waals surface area contributed by atoms with Crippen LogP contribution in [0.2, 0.25) is 0 Å². The maximum absolute atomic E-state index is 12.6. The standard InChI is InChI=1S/C24H25N3O4/c1-30-20-8-4-5-9-21(20)31-15-22(28)27-12-10-16(11-13-27)23-18(24(25)29)14-17-6-2-3-7-19(17)26-23/h2-9,14,16H,10-13,15H2,1H3,(H2,25,29). The largest absolute Gasteiger partial charge is 0.493 e. The van der Waals surface area contributed by atoms with E-state index in [1.165, 1.54) is 0 Å². The number of amides is 2. The lowest BCUT2D eigenvalue weighted by Crippen LogP contribution is -2.41. The van der Waals surface area contributed by atoms with E-state index in [0.29, 0.717) is 43.0 Å². The molecule has 31 heavy (non-hydrogen) atoms. The van der Waals surface area contributed by atoms with Gasteiger partial charge in [0, 0.05) is 24.4 Å². The summed E-state index contributed by atoms with van der Waals surface area (Å²) in [6, 6.07) is 16.7. The Labute approximate surface area is 180 Å². The predicted molar refractivity (Wildman–Crippen MR) is 117 cm³/mol. The number of carbonyl (C=O) groups is 2. The molecule has 1 fully saturated rings. The molecule has 2 N–H and O–H groups in total. The van der Waals surface area contributed by atoms with E-state index in [4.69, 9.17) is 20.2 Å². The SMILES string of the molecule is COc1ccccc1OCC(=O)N1CCC(c2nc3ccccc3cc2C(N)=O)CC1. The summed E-state index contributed by atoms with van der Waals surface area (Å²) >= 11 is 0. The molecule has 0 bridgehead atoms. The van der Waals surface area contributed by atoms with E-state index in [2.05, 4.69) is 0 Å². The average Bonchev–Trinajstić information content (AvgIpc) is 2.81. The number of piperidine rings is 1. The van der Waals surface area contributed by atoms with Crippen LogP contribution in [-0.4, -0.2) is 48.5 Å². The third-order valence-corrected chi connectivity index (χ3v) is 5.67. The Morgan fingerprint density at radius 3 is 2.45 bits per heavy atom. The number of nitrogens with two attached hydrogens (primary N) is 1. The molecule has 2 aromatic carbocycles. The molecule has 2 heterocycles. The summed E-state index contributed by atoms with van der Waals surface area (Å²) in [5, 5.41) is 0.890. The number of rotatable bonds is 6.